The SMILES string of the molecule is CCCC(CC)Nc1ccc(N2CCOCC2)cc1. The first kappa shape index (κ1) is 14.2. The van der Waals surface area contributed by atoms with Crippen molar-refractivity contribution in [2.75, 3.05) is 36.5 Å². The molecule has 0 amide bonds. The Kier molecular flexibility index (Phi) is 5.52. The third-order valence-corrected chi connectivity index (χ3v) is 3.74. The topological polar surface area (TPSA) is 24.5 Å². The smallest absolute Gasteiger partial charge is 0.0642 e. The fourth-order valence-electron chi connectivity index (χ4n) is 2.55. The molecule has 1 saturated heterocycles. The van der Waals surface area contributed by atoms with Gasteiger partial charge in [-0.1, -0.05) is 20.3 Å². The molecule has 0 aromatic heterocycles. The van der Waals surface area contributed by atoms with Crippen molar-refractivity contribution < 1.29 is 4.74 Å². The van der Waals surface area contributed by atoms with Crippen molar-refractivity contribution in [3.63, 3.8) is 0 Å². The van der Waals surface area contributed by atoms with Crippen LogP contribution in [0.3, 0.4) is 0 Å². The van der Waals surface area contributed by atoms with Crippen LogP contribution < -0.4 is 10.2 Å². The summed E-state index contributed by atoms with van der Waals surface area (Å²) in [6, 6.07) is 9.42. The molecule has 0 saturated carbocycles. The van der Waals surface area contributed by atoms with Gasteiger partial charge in [-0.05, 0) is 37.1 Å². The number of hydrogen-bond acceptors (Lipinski definition) is 3. The normalized spacial score (nSPS) is 17.3. The van der Waals surface area contributed by atoms with Crippen LogP contribution in [0.5, 0.6) is 0 Å². The molecule has 106 valence electrons. The van der Waals surface area contributed by atoms with Gasteiger partial charge >= 0.3 is 0 Å². The molecule has 1 atom stereocenters. The van der Waals surface area contributed by atoms with Crippen LogP contribution in [0.15, 0.2) is 24.3 Å². The summed E-state index contributed by atoms with van der Waals surface area (Å²) in [5.74, 6) is 0. The van der Waals surface area contributed by atoms with Gasteiger partial charge in [-0.25, -0.2) is 0 Å². The number of benzene rings is 1. The van der Waals surface area contributed by atoms with E-state index in [4.69, 9.17) is 4.74 Å². The lowest BCUT2D eigenvalue weighted by molar-refractivity contribution is 0.122. The maximum atomic E-state index is 5.38. The number of rotatable bonds is 6. The summed E-state index contributed by atoms with van der Waals surface area (Å²) in [5, 5.41) is 3.62. The van der Waals surface area contributed by atoms with E-state index in [0.717, 1.165) is 26.3 Å². The average molecular weight is 262 g/mol. The van der Waals surface area contributed by atoms with Crippen LogP contribution in [0.2, 0.25) is 0 Å². The summed E-state index contributed by atoms with van der Waals surface area (Å²) in [6.07, 6.45) is 3.65. The van der Waals surface area contributed by atoms with Crippen LogP contribution >= 0.6 is 0 Å². The summed E-state index contributed by atoms with van der Waals surface area (Å²) in [5.41, 5.74) is 2.54. The van der Waals surface area contributed by atoms with Gasteiger partial charge < -0.3 is 15.0 Å². The van der Waals surface area contributed by atoms with Gasteiger partial charge in [-0.15, -0.1) is 0 Å². The molecule has 0 spiro atoms. The Morgan fingerprint density at radius 1 is 1.16 bits per heavy atom. The van der Waals surface area contributed by atoms with Crippen LogP contribution in [0, 0.1) is 0 Å². The standard InChI is InChI=1S/C16H26N2O/c1-3-5-14(4-2)17-15-6-8-16(9-7-15)18-10-12-19-13-11-18/h6-9,14,17H,3-5,10-13H2,1-2H3. The third-order valence-electron chi connectivity index (χ3n) is 3.74. The highest BCUT2D eigenvalue weighted by Crippen LogP contribution is 2.20. The molecule has 3 nitrogen and oxygen atoms in total. The van der Waals surface area contributed by atoms with Crippen LogP contribution in [0.25, 0.3) is 0 Å². The highest BCUT2D eigenvalue weighted by Gasteiger charge is 2.11. The molecule has 0 bridgehead atoms. The molecule has 1 aromatic carbocycles. The Morgan fingerprint density at radius 2 is 1.84 bits per heavy atom. The lowest BCUT2D eigenvalue weighted by atomic mass is 10.1. The van der Waals surface area contributed by atoms with E-state index in [2.05, 4.69) is 48.3 Å². The van der Waals surface area contributed by atoms with Crippen LogP contribution in [0.4, 0.5) is 11.4 Å². The van der Waals surface area contributed by atoms with Crippen molar-refractivity contribution in [2.45, 2.75) is 39.2 Å². The van der Waals surface area contributed by atoms with Crippen molar-refractivity contribution in [3.05, 3.63) is 24.3 Å². The Hall–Kier alpha value is -1.22. The second kappa shape index (κ2) is 7.39. The highest BCUT2D eigenvalue weighted by atomic mass is 16.5. The van der Waals surface area contributed by atoms with Crippen molar-refractivity contribution in [3.8, 4) is 0 Å². The maximum Gasteiger partial charge on any atom is 0.0642 e. The van der Waals surface area contributed by atoms with Crippen molar-refractivity contribution in [2.24, 2.45) is 0 Å². The molecular weight excluding hydrogens is 236 g/mol. The summed E-state index contributed by atoms with van der Waals surface area (Å²) < 4.78 is 5.38. The van der Waals surface area contributed by atoms with E-state index in [9.17, 15) is 0 Å². The molecule has 0 radical (unpaired) electrons. The summed E-state index contributed by atoms with van der Waals surface area (Å²) in [4.78, 5) is 2.39. The van der Waals surface area contributed by atoms with E-state index in [1.165, 1.54) is 30.6 Å². The number of hydrogen-bond donors (Lipinski definition) is 1. The van der Waals surface area contributed by atoms with Gasteiger partial charge in [0.05, 0.1) is 13.2 Å². The minimum absolute atomic E-state index is 0.597. The van der Waals surface area contributed by atoms with Crippen LogP contribution in [0.1, 0.15) is 33.1 Å². The Labute approximate surface area is 116 Å². The maximum absolute atomic E-state index is 5.38. The van der Waals surface area contributed by atoms with E-state index in [1.54, 1.807) is 0 Å². The van der Waals surface area contributed by atoms with Gasteiger partial charge in [0.25, 0.3) is 0 Å². The molecule has 1 heterocycles. The number of nitrogens with one attached hydrogen (secondary N) is 1. The zero-order chi connectivity index (χ0) is 13.5. The molecule has 19 heavy (non-hydrogen) atoms. The predicted molar refractivity (Wildman–Crippen MR) is 82.1 cm³/mol. The Morgan fingerprint density at radius 3 is 2.42 bits per heavy atom. The van der Waals surface area contributed by atoms with Gasteiger partial charge in [0.2, 0.25) is 0 Å². The number of morpholine rings is 1. The average Bonchev–Trinajstić information content (AvgIpc) is 2.48. The van der Waals surface area contributed by atoms with E-state index < -0.39 is 0 Å². The van der Waals surface area contributed by atoms with Crippen molar-refractivity contribution >= 4 is 11.4 Å². The first-order valence-corrected chi connectivity index (χ1v) is 7.52. The summed E-state index contributed by atoms with van der Waals surface area (Å²) >= 11 is 0. The Balaban J connectivity index is 1.93. The number of anilines is 2. The van der Waals surface area contributed by atoms with Gasteiger partial charge in [-0.2, -0.15) is 0 Å². The lowest BCUT2D eigenvalue weighted by Crippen LogP contribution is -2.36. The third kappa shape index (κ3) is 4.13. The second-order valence-corrected chi connectivity index (χ2v) is 5.18. The first-order chi connectivity index (χ1) is 9.33. The van der Waals surface area contributed by atoms with E-state index in [1.807, 2.05) is 0 Å². The molecular formula is C16H26N2O. The van der Waals surface area contributed by atoms with Crippen LogP contribution in [-0.2, 0) is 4.74 Å². The molecule has 1 aliphatic heterocycles. The molecule has 1 N–H and O–H groups in total. The summed E-state index contributed by atoms with van der Waals surface area (Å²) in [6.45, 7) is 8.17. The number of ether oxygens (including phenoxy) is 1. The zero-order valence-electron chi connectivity index (χ0n) is 12.2. The minimum Gasteiger partial charge on any atom is -0.382 e. The first-order valence-electron chi connectivity index (χ1n) is 7.52. The van der Waals surface area contributed by atoms with E-state index in [-0.39, 0.29) is 0 Å². The Bertz CT molecular complexity index is 358. The molecule has 2 rings (SSSR count). The fourth-order valence-corrected chi connectivity index (χ4v) is 2.55. The van der Waals surface area contributed by atoms with Gasteiger partial charge in [0, 0.05) is 30.5 Å². The van der Waals surface area contributed by atoms with E-state index >= 15 is 0 Å². The largest absolute Gasteiger partial charge is 0.382 e. The number of nitrogens with zero attached hydrogens (tertiary/aromatic N) is 1. The molecule has 1 fully saturated rings. The highest BCUT2D eigenvalue weighted by molar-refractivity contribution is 5.55. The van der Waals surface area contributed by atoms with Crippen molar-refractivity contribution in [1.82, 2.24) is 0 Å². The van der Waals surface area contributed by atoms with Gasteiger partial charge in [0.1, 0.15) is 0 Å². The van der Waals surface area contributed by atoms with Crippen molar-refractivity contribution in [1.29, 1.82) is 0 Å². The zero-order valence-corrected chi connectivity index (χ0v) is 12.2. The van der Waals surface area contributed by atoms with Crippen LogP contribution in [-0.4, -0.2) is 32.3 Å². The monoisotopic (exact) mass is 262 g/mol. The minimum atomic E-state index is 0.597. The molecule has 1 aliphatic rings. The van der Waals surface area contributed by atoms with Gasteiger partial charge in [-0.3, -0.25) is 0 Å². The van der Waals surface area contributed by atoms with E-state index in [0.29, 0.717) is 6.04 Å². The predicted octanol–water partition coefficient (Wildman–Crippen LogP) is 3.51. The molecule has 3 heteroatoms. The van der Waals surface area contributed by atoms with Gasteiger partial charge in [0.15, 0.2) is 0 Å². The molecule has 1 unspecified atom stereocenters. The summed E-state index contributed by atoms with van der Waals surface area (Å²) in [7, 11) is 0. The lowest BCUT2D eigenvalue weighted by Gasteiger charge is -2.29. The molecule has 0 aliphatic carbocycles. The fraction of sp³-hybridized carbons (Fsp3) is 0.625. The second-order valence-electron chi connectivity index (χ2n) is 5.18. The molecule has 1 aromatic rings. The quantitative estimate of drug-likeness (QED) is 0.849.